The summed E-state index contributed by atoms with van der Waals surface area (Å²) in [5.74, 6) is -2.62. The monoisotopic (exact) mass is 423 g/mol. The highest BCUT2D eigenvalue weighted by molar-refractivity contribution is 7.08. The molecule has 3 heterocycles. The molecule has 3 rings (SSSR count). The highest BCUT2D eigenvalue weighted by Gasteiger charge is 2.41. The van der Waals surface area contributed by atoms with E-state index in [4.69, 9.17) is 14.6 Å². The Balaban J connectivity index is 0.000000345. The topological polar surface area (TPSA) is 73.3 Å². The Morgan fingerprint density at radius 2 is 2.04 bits per heavy atom. The first-order valence-electron chi connectivity index (χ1n) is 8.71. The van der Waals surface area contributed by atoms with Crippen LogP contribution in [0.3, 0.4) is 0 Å². The van der Waals surface area contributed by atoms with Crippen molar-refractivity contribution in [2.24, 2.45) is 0 Å². The summed E-state index contributed by atoms with van der Waals surface area (Å²) in [6.45, 7) is 5.33. The average molecular weight is 423 g/mol. The minimum Gasteiger partial charge on any atom is -0.475 e. The number of hydrogen-bond acceptors (Lipinski definition) is 6. The molecular weight excluding hydrogens is 399 g/mol. The summed E-state index contributed by atoms with van der Waals surface area (Å²) in [5.41, 5.74) is 0.804. The second kappa shape index (κ2) is 9.68. The Morgan fingerprint density at radius 3 is 2.57 bits per heavy atom. The molecule has 2 aliphatic rings. The number of fused-ring (bicyclic) bond motifs is 1. The van der Waals surface area contributed by atoms with Crippen LogP contribution in [0.2, 0.25) is 0 Å². The quantitative estimate of drug-likeness (QED) is 0.791. The normalized spacial score (nSPS) is 22.6. The smallest absolute Gasteiger partial charge is 0.475 e. The molecule has 2 fully saturated rings. The molecule has 0 unspecified atom stereocenters. The highest BCUT2D eigenvalue weighted by Crippen LogP contribution is 2.24. The summed E-state index contributed by atoms with van der Waals surface area (Å²) in [6.07, 6.45) is -4.91. The maximum atomic E-state index is 12.5. The molecule has 1 aromatic rings. The van der Waals surface area contributed by atoms with Gasteiger partial charge in [-0.25, -0.2) is 4.79 Å². The second-order valence-electron chi connectivity index (χ2n) is 6.84. The molecule has 0 bridgehead atoms. The predicted molar refractivity (Wildman–Crippen MR) is 97.6 cm³/mol. The van der Waals surface area contributed by atoms with Crippen LogP contribution in [-0.2, 0) is 9.53 Å². The summed E-state index contributed by atoms with van der Waals surface area (Å²) in [6, 6.07) is 2.25. The summed E-state index contributed by atoms with van der Waals surface area (Å²) in [7, 11) is 4.19. The highest BCUT2D eigenvalue weighted by atomic mass is 32.1. The Bertz CT molecular complexity index is 655. The molecule has 0 aromatic carbocycles. The number of rotatable bonds is 4. The van der Waals surface area contributed by atoms with E-state index in [2.05, 4.69) is 23.9 Å². The van der Waals surface area contributed by atoms with E-state index in [1.807, 2.05) is 21.7 Å². The van der Waals surface area contributed by atoms with Gasteiger partial charge in [-0.15, -0.1) is 0 Å². The van der Waals surface area contributed by atoms with Crippen molar-refractivity contribution in [1.82, 2.24) is 14.7 Å². The van der Waals surface area contributed by atoms with E-state index < -0.39 is 12.1 Å². The van der Waals surface area contributed by atoms with Crippen molar-refractivity contribution >= 4 is 23.2 Å². The number of morpholine rings is 1. The van der Waals surface area contributed by atoms with Crippen molar-refractivity contribution in [3.8, 4) is 0 Å². The third-order valence-electron chi connectivity index (χ3n) is 4.55. The lowest BCUT2D eigenvalue weighted by Crippen LogP contribution is -2.52. The largest absolute Gasteiger partial charge is 0.490 e. The molecule has 1 N–H and O–H groups in total. The van der Waals surface area contributed by atoms with Crippen LogP contribution in [0.4, 0.5) is 13.2 Å². The first-order valence-corrected chi connectivity index (χ1v) is 9.66. The van der Waals surface area contributed by atoms with Gasteiger partial charge in [0.1, 0.15) is 0 Å². The van der Waals surface area contributed by atoms with Crippen LogP contribution >= 0.6 is 11.3 Å². The van der Waals surface area contributed by atoms with Crippen LogP contribution < -0.4 is 0 Å². The molecule has 0 aliphatic carbocycles. The predicted octanol–water partition coefficient (Wildman–Crippen LogP) is 1.47. The van der Waals surface area contributed by atoms with Gasteiger partial charge in [0.05, 0.1) is 24.3 Å². The number of likely N-dealkylation sites (tertiary alicyclic amines) is 1. The third-order valence-corrected chi connectivity index (χ3v) is 5.23. The number of carbonyl (C=O) groups is 2. The number of carbonyl (C=O) groups excluding carboxylic acids is 1. The molecule has 0 spiro atoms. The number of hydrogen-bond donors (Lipinski definition) is 1. The van der Waals surface area contributed by atoms with Crippen LogP contribution in [-0.4, -0.2) is 103 Å². The first kappa shape index (κ1) is 22.6. The minimum absolute atomic E-state index is 0.141. The van der Waals surface area contributed by atoms with Crippen molar-refractivity contribution in [3.63, 3.8) is 0 Å². The number of thiophene rings is 1. The lowest BCUT2D eigenvalue weighted by molar-refractivity contribution is -0.192. The number of carboxylic acid groups (broad SMARTS) is 1. The number of ether oxygens (including phenoxy) is 1. The minimum atomic E-state index is -5.08. The van der Waals surface area contributed by atoms with Crippen LogP contribution in [0.1, 0.15) is 10.4 Å². The summed E-state index contributed by atoms with van der Waals surface area (Å²) >= 11 is 1.57. The van der Waals surface area contributed by atoms with Crippen molar-refractivity contribution in [2.45, 2.75) is 18.3 Å². The van der Waals surface area contributed by atoms with Gasteiger partial charge in [-0.2, -0.15) is 24.5 Å². The van der Waals surface area contributed by atoms with Crippen LogP contribution in [0.25, 0.3) is 0 Å². The van der Waals surface area contributed by atoms with Crippen LogP contribution in [0.15, 0.2) is 16.8 Å². The van der Waals surface area contributed by atoms with Crippen molar-refractivity contribution in [2.75, 3.05) is 53.4 Å². The number of halogens is 3. The van der Waals surface area contributed by atoms with Crippen molar-refractivity contribution in [3.05, 3.63) is 22.4 Å². The third kappa shape index (κ3) is 6.16. The van der Waals surface area contributed by atoms with Gasteiger partial charge in [0.2, 0.25) is 0 Å². The fourth-order valence-corrected chi connectivity index (χ4v) is 3.73. The Kier molecular flexibility index (Phi) is 7.81. The van der Waals surface area contributed by atoms with Gasteiger partial charge in [-0.1, -0.05) is 0 Å². The van der Waals surface area contributed by atoms with E-state index in [1.54, 1.807) is 11.3 Å². The Labute approximate surface area is 165 Å². The molecule has 2 atom stereocenters. The molecule has 2 aliphatic heterocycles. The van der Waals surface area contributed by atoms with Crippen molar-refractivity contribution in [1.29, 1.82) is 0 Å². The summed E-state index contributed by atoms with van der Waals surface area (Å²) in [4.78, 5) is 28.0. The first-order chi connectivity index (χ1) is 13.1. The van der Waals surface area contributed by atoms with Crippen LogP contribution in [0, 0.1) is 0 Å². The molecule has 7 nitrogen and oxygen atoms in total. The molecule has 11 heteroatoms. The molecule has 0 radical (unpaired) electrons. The zero-order chi connectivity index (χ0) is 20.9. The number of nitrogens with zero attached hydrogens (tertiary/aromatic N) is 3. The molecule has 1 amide bonds. The van der Waals surface area contributed by atoms with Gasteiger partial charge < -0.3 is 19.6 Å². The molecule has 0 saturated carbocycles. The summed E-state index contributed by atoms with van der Waals surface area (Å²) in [5, 5.41) is 11.0. The van der Waals surface area contributed by atoms with Gasteiger partial charge in [-0.05, 0) is 25.5 Å². The molecule has 2 saturated heterocycles. The maximum absolute atomic E-state index is 12.5. The standard InChI is InChI=1S/C15H23N3O2S.C2HF3O2/c1-16(2)4-5-17-6-7-20-14-10-18(9-13(14)17)15(19)12-3-8-21-11-12;3-2(4,5)1(6)7/h3,8,11,13-14H,4-7,9-10H2,1-2H3;(H,6,7)/t13-,14+;/m1./s1. The number of likely N-dealkylation sites (N-methyl/N-ethyl adjacent to an activating group) is 1. The number of carboxylic acids is 1. The lowest BCUT2D eigenvalue weighted by atomic mass is 10.1. The van der Waals surface area contributed by atoms with E-state index in [1.165, 1.54) is 0 Å². The molecule has 1 aromatic heterocycles. The average Bonchev–Trinajstić information content (AvgIpc) is 3.28. The number of amides is 1. The molecule has 28 heavy (non-hydrogen) atoms. The zero-order valence-corrected chi connectivity index (χ0v) is 16.5. The molecule has 158 valence electrons. The van der Waals surface area contributed by atoms with Gasteiger partial charge in [0.15, 0.2) is 0 Å². The SMILES string of the molecule is CN(C)CCN1CCO[C@H]2CN(C(=O)c3ccsc3)C[C@H]21.O=C(O)C(F)(F)F. The number of aliphatic carboxylic acids is 1. The number of alkyl halides is 3. The lowest BCUT2D eigenvalue weighted by Gasteiger charge is -2.37. The fraction of sp³-hybridized carbons (Fsp3) is 0.647. The van der Waals surface area contributed by atoms with Gasteiger partial charge in [0, 0.05) is 38.1 Å². The van der Waals surface area contributed by atoms with Crippen molar-refractivity contribution < 1.29 is 32.6 Å². The maximum Gasteiger partial charge on any atom is 0.490 e. The summed E-state index contributed by atoms with van der Waals surface area (Å²) < 4.78 is 37.6. The van der Waals surface area contributed by atoms with E-state index in [-0.39, 0.29) is 12.0 Å². The van der Waals surface area contributed by atoms with Gasteiger partial charge >= 0.3 is 12.1 Å². The second-order valence-corrected chi connectivity index (χ2v) is 7.62. The van der Waals surface area contributed by atoms with Gasteiger partial charge in [0.25, 0.3) is 5.91 Å². The van der Waals surface area contributed by atoms with E-state index in [9.17, 15) is 18.0 Å². The Morgan fingerprint density at radius 1 is 1.36 bits per heavy atom. The molecular formula is C17H24F3N3O4S. The van der Waals surface area contributed by atoms with E-state index >= 15 is 0 Å². The fourth-order valence-electron chi connectivity index (χ4n) is 3.10. The van der Waals surface area contributed by atoms with E-state index in [0.29, 0.717) is 6.04 Å². The van der Waals surface area contributed by atoms with Crippen LogP contribution in [0.5, 0.6) is 0 Å². The van der Waals surface area contributed by atoms with Gasteiger partial charge in [-0.3, -0.25) is 9.69 Å². The zero-order valence-electron chi connectivity index (χ0n) is 15.7. The Hall–Kier alpha value is -1.69. The van der Waals surface area contributed by atoms with E-state index in [0.717, 1.165) is 44.9 Å².